The van der Waals surface area contributed by atoms with Crippen molar-refractivity contribution in [3.05, 3.63) is 112 Å². The number of esters is 1. The lowest BCUT2D eigenvalue weighted by Gasteiger charge is -2.26. The van der Waals surface area contributed by atoms with Gasteiger partial charge < -0.3 is 18.9 Å². The number of aromatic nitrogens is 1. The van der Waals surface area contributed by atoms with Crippen LogP contribution in [0.15, 0.2) is 85.0 Å². The smallest absolute Gasteiger partial charge is 0.338 e. The zero-order chi connectivity index (χ0) is 30.0. The van der Waals surface area contributed by atoms with Crippen LogP contribution in [0, 0.1) is 0 Å². The van der Waals surface area contributed by atoms with Gasteiger partial charge in [0.1, 0.15) is 5.75 Å². The Kier molecular flexibility index (Phi) is 9.00. The van der Waals surface area contributed by atoms with E-state index in [2.05, 4.69) is 31.9 Å². The normalized spacial score (nSPS) is 14.7. The number of methoxy groups -OCH3 is 3. The number of carbonyl (C=O) groups is 1. The van der Waals surface area contributed by atoms with E-state index in [0.717, 1.165) is 14.5 Å². The van der Waals surface area contributed by atoms with Gasteiger partial charge in [0, 0.05) is 15.6 Å². The van der Waals surface area contributed by atoms with Crippen LogP contribution in [0.3, 0.4) is 0 Å². The molecule has 3 aromatic carbocycles. The molecule has 0 fully saturated rings. The monoisotopic (exact) mass is 712 g/mol. The van der Waals surface area contributed by atoms with Crippen LogP contribution in [0.4, 0.5) is 0 Å². The zero-order valence-corrected chi connectivity index (χ0v) is 27.1. The number of benzene rings is 3. The molecule has 0 spiro atoms. The van der Waals surface area contributed by atoms with E-state index in [1.54, 1.807) is 39.4 Å². The molecule has 4 aromatic rings. The highest BCUT2D eigenvalue weighted by molar-refractivity contribution is 9.11. The Bertz CT molecular complexity index is 1880. The molecule has 11 heteroatoms. The lowest BCUT2D eigenvalue weighted by Crippen LogP contribution is -2.40. The second-order valence-corrected chi connectivity index (χ2v) is 11.8. The molecule has 0 saturated heterocycles. The van der Waals surface area contributed by atoms with Gasteiger partial charge in [0.05, 0.1) is 54.3 Å². The van der Waals surface area contributed by atoms with Crippen molar-refractivity contribution in [1.29, 1.82) is 0 Å². The summed E-state index contributed by atoms with van der Waals surface area (Å²) in [6.45, 7) is 1.90. The minimum absolute atomic E-state index is 0.158. The molecule has 2 heterocycles. The molecule has 1 aromatic heterocycles. The van der Waals surface area contributed by atoms with Gasteiger partial charge in [-0.3, -0.25) is 9.36 Å². The summed E-state index contributed by atoms with van der Waals surface area (Å²) in [5, 5.41) is 0. The van der Waals surface area contributed by atoms with E-state index in [1.807, 2.05) is 48.5 Å². The predicted molar refractivity (Wildman–Crippen MR) is 169 cm³/mol. The molecule has 0 unspecified atom stereocenters. The highest BCUT2D eigenvalue weighted by atomic mass is 79.9. The average Bonchev–Trinajstić information content (AvgIpc) is 3.30. The molecule has 0 amide bonds. The molecule has 0 bridgehead atoms. The summed E-state index contributed by atoms with van der Waals surface area (Å²) >= 11 is 8.28. The topological polar surface area (TPSA) is 88.4 Å². The van der Waals surface area contributed by atoms with Crippen molar-refractivity contribution in [2.24, 2.45) is 4.99 Å². The zero-order valence-electron chi connectivity index (χ0n) is 23.1. The fourth-order valence-corrected chi connectivity index (χ4v) is 7.23. The maximum absolute atomic E-state index is 14.2. The highest BCUT2D eigenvalue weighted by Gasteiger charge is 2.35. The molecule has 42 heavy (non-hydrogen) atoms. The second kappa shape index (κ2) is 12.7. The van der Waals surface area contributed by atoms with E-state index >= 15 is 0 Å². The van der Waals surface area contributed by atoms with Crippen LogP contribution in [0.1, 0.15) is 29.7 Å². The Hall–Kier alpha value is -3.67. The summed E-state index contributed by atoms with van der Waals surface area (Å²) in [5.41, 5.74) is 2.42. The van der Waals surface area contributed by atoms with Gasteiger partial charge in [0.25, 0.3) is 5.56 Å². The quantitative estimate of drug-likeness (QED) is 0.225. The van der Waals surface area contributed by atoms with Crippen LogP contribution in [0.25, 0.3) is 11.8 Å². The third kappa shape index (κ3) is 5.56. The van der Waals surface area contributed by atoms with E-state index in [4.69, 9.17) is 23.9 Å². The molecule has 5 rings (SSSR count). The number of hydrogen-bond donors (Lipinski definition) is 0. The standard InChI is InChI=1S/C31H26Br2N2O6S/c1-5-41-30(37)25-26(17-9-7-6-8-10-17)34-31-35(27(25)18-11-12-22(38-2)23(14-18)39-3)29(36)24(42-31)15-19-13-20(32)16-21(33)28(19)40-4/h6-16,27H,5H2,1-4H3/b24-15-/t27-/m1/s1. The first kappa shape index (κ1) is 29.8. The SMILES string of the molecule is CCOC(=O)C1=C(c2ccccc2)N=c2s/c(=C\c3cc(Br)cc(Br)c3OC)c(=O)n2[C@@H]1c1ccc(OC)c(OC)c1. The second-order valence-electron chi connectivity index (χ2n) is 9.06. The minimum Gasteiger partial charge on any atom is -0.495 e. The first-order valence-electron chi connectivity index (χ1n) is 12.8. The number of thiazole rings is 1. The number of halogens is 2. The molecule has 0 radical (unpaired) electrons. The average molecular weight is 714 g/mol. The number of nitrogens with zero attached hydrogens (tertiary/aromatic N) is 2. The molecular weight excluding hydrogens is 688 g/mol. The fraction of sp³-hybridized carbons (Fsp3) is 0.194. The molecule has 1 atom stereocenters. The molecule has 0 aliphatic carbocycles. The van der Waals surface area contributed by atoms with Crippen LogP contribution < -0.4 is 29.1 Å². The van der Waals surface area contributed by atoms with Crippen LogP contribution in [-0.2, 0) is 9.53 Å². The van der Waals surface area contributed by atoms with Crippen molar-refractivity contribution in [2.75, 3.05) is 27.9 Å². The lowest BCUT2D eigenvalue weighted by molar-refractivity contribution is -0.138. The van der Waals surface area contributed by atoms with Gasteiger partial charge in [-0.05, 0) is 58.8 Å². The first-order valence-corrected chi connectivity index (χ1v) is 15.2. The highest BCUT2D eigenvalue weighted by Crippen LogP contribution is 2.38. The summed E-state index contributed by atoms with van der Waals surface area (Å²) in [6, 6.07) is 17.6. The predicted octanol–water partition coefficient (Wildman–Crippen LogP) is 5.49. The summed E-state index contributed by atoms with van der Waals surface area (Å²) in [7, 11) is 4.66. The minimum atomic E-state index is -0.853. The van der Waals surface area contributed by atoms with Gasteiger partial charge in [0.15, 0.2) is 16.3 Å². The molecule has 0 saturated carbocycles. The van der Waals surface area contributed by atoms with Crippen molar-refractivity contribution in [1.82, 2.24) is 4.57 Å². The Morgan fingerprint density at radius 2 is 1.74 bits per heavy atom. The van der Waals surface area contributed by atoms with Crippen molar-refractivity contribution >= 4 is 60.9 Å². The van der Waals surface area contributed by atoms with Crippen LogP contribution >= 0.6 is 43.2 Å². The van der Waals surface area contributed by atoms with E-state index in [1.165, 1.54) is 23.0 Å². The Labute approximate surface area is 262 Å². The van der Waals surface area contributed by atoms with Crippen LogP contribution in [0.2, 0.25) is 0 Å². The maximum Gasteiger partial charge on any atom is 0.338 e. The Morgan fingerprint density at radius 3 is 2.40 bits per heavy atom. The van der Waals surface area contributed by atoms with E-state index in [9.17, 15) is 9.59 Å². The van der Waals surface area contributed by atoms with Gasteiger partial charge >= 0.3 is 5.97 Å². The maximum atomic E-state index is 14.2. The third-order valence-electron chi connectivity index (χ3n) is 6.62. The molecule has 0 N–H and O–H groups in total. The van der Waals surface area contributed by atoms with Crippen LogP contribution in [0.5, 0.6) is 17.2 Å². The number of rotatable bonds is 8. The van der Waals surface area contributed by atoms with Gasteiger partial charge in [-0.25, -0.2) is 9.79 Å². The van der Waals surface area contributed by atoms with Crippen LogP contribution in [-0.4, -0.2) is 38.5 Å². The Morgan fingerprint density at radius 1 is 1.00 bits per heavy atom. The first-order chi connectivity index (χ1) is 20.3. The largest absolute Gasteiger partial charge is 0.495 e. The third-order valence-corrected chi connectivity index (χ3v) is 8.65. The van der Waals surface area contributed by atoms with Gasteiger partial charge in [-0.15, -0.1) is 0 Å². The molecule has 216 valence electrons. The summed E-state index contributed by atoms with van der Waals surface area (Å²) < 4.78 is 25.7. The van der Waals surface area contributed by atoms with E-state index in [0.29, 0.717) is 43.4 Å². The van der Waals surface area contributed by atoms with Gasteiger partial charge in [0.2, 0.25) is 0 Å². The molecule has 1 aliphatic rings. The van der Waals surface area contributed by atoms with Crippen molar-refractivity contribution in [2.45, 2.75) is 13.0 Å². The van der Waals surface area contributed by atoms with Crippen molar-refractivity contribution < 1.29 is 23.7 Å². The van der Waals surface area contributed by atoms with Crippen molar-refractivity contribution in [3.8, 4) is 17.2 Å². The van der Waals surface area contributed by atoms with E-state index < -0.39 is 12.0 Å². The molecular formula is C31H26Br2N2O6S. The number of ether oxygens (including phenoxy) is 4. The lowest BCUT2D eigenvalue weighted by atomic mass is 9.93. The van der Waals surface area contributed by atoms with E-state index in [-0.39, 0.29) is 17.7 Å². The van der Waals surface area contributed by atoms with Gasteiger partial charge in [-0.2, -0.15) is 0 Å². The molecule has 8 nitrogen and oxygen atoms in total. The Balaban J connectivity index is 1.86. The number of carbonyl (C=O) groups excluding carboxylic acids is 1. The van der Waals surface area contributed by atoms with Gasteiger partial charge in [-0.1, -0.05) is 63.7 Å². The summed E-state index contributed by atoms with van der Waals surface area (Å²) in [6.07, 6.45) is 1.76. The molecule has 1 aliphatic heterocycles. The van der Waals surface area contributed by atoms with Crippen molar-refractivity contribution in [3.63, 3.8) is 0 Å². The summed E-state index contributed by atoms with van der Waals surface area (Å²) in [4.78, 5) is 33.2. The number of hydrogen-bond acceptors (Lipinski definition) is 8. The fourth-order valence-electron chi connectivity index (χ4n) is 4.82. The summed E-state index contributed by atoms with van der Waals surface area (Å²) in [5.74, 6) is 0.998. The number of fused-ring (bicyclic) bond motifs is 1.